The Morgan fingerprint density at radius 1 is 1.73 bits per heavy atom. The highest BCUT2D eigenvalue weighted by atomic mass is 32.2. The monoisotopic (exact) mass is 168 g/mol. The van der Waals surface area contributed by atoms with Gasteiger partial charge in [-0.05, 0) is 0 Å². The lowest BCUT2D eigenvalue weighted by Crippen LogP contribution is -2.12. The summed E-state index contributed by atoms with van der Waals surface area (Å²) in [5.41, 5.74) is 0.709. The van der Waals surface area contributed by atoms with Crippen LogP contribution in [0.5, 0.6) is 0 Å². The molecule has 1 aromatic rings. The van der Waals surface area contributed by atoms with E-state index in [1.807, 2.05) is 16.3 Å². The third kappa shape index (κ3) is 1.07. The molecule has 0 N–H and O–H groups in total. The molecule has 0 unspecified atom stereocenters. The van der Waals surface area contributed by atoms with Crippen molar-refractivity contribution in [2.75, 3.05) is 5.75 Å². The number of thioether (sulfide) groups is 1. The van der Waals surface area contributed by atoms with E-state index in [-0.39, 0.29) is 0 Å². The Labute approximate surface area is 68.8 Å². The molecule has 0 radical (unpaired) electrons. The lowest BCUT2D eigenvalue weighted by Gasteiger charge is -2.13. The molecule has 1 aromatic heterocycles. The van der Waals surface area contributed by atoms with E-state index >= 15 is 0 Å². The number of hydrogen-bond donors (Lipinski definition) is 0. The zero-order chi connectivity index (χ0) is 7.68. The molecule has 0 spiro atoms. The zero-order valence-corrected chi connectivity index (χ0v) is 6.80. The van der Waals surface area contributed by atoms with Gasteiger partial charge in [-0.15, -0.1) is 0 Å². The van der Waals surface area contributed by atoms with Gasteiger partial charge in [0, 0.05) is 12.3 Å². The average Bonchev–Trinajstić information content (AvgIpc) is 2.47. The third-order valence-corrected chi connectivity index (χ3v) is 2.71. The van der Waals surface area contributed by atoms with Crippen LogP contribution < -0.4 is 0 Å². The molecule has 4 heteroatoms. The second-order valence-electron chi connectivity index (χ2n) is 2.42. The summed E-state index contributed by atoms with van der Waals surface area (Å²) in [5, 5.41) is 0. The highest BCUT2D eigenvalue weighted by Crippen LogP contribution is 2.18. The van der Waals surface area contributed by atoms with Crippen molar-refractivity contribution in [2.45, 2.75) is 12.3 Å². The van der Waals surface area contributed by atoms with Crippen LogP contribution in [-0.2, 0) is 12.3 Å². The Bertz CT molecular complexity index is 282. The fourth-order valence-electron chi connectivity index (χ4n) is 1.22. The molecule has 2 rings (SSSR count). The number of aldehydes is 1. The number of rotatable bonds is 1. The summed E-state index contributed by atoms with van der Waals surface area (Å²) in [7, 11) is 0. The lowest BCUT2D eigenvalue weighted by atomic mass is 10.5. The highest BCUT2D eigenvalue weighted by Gasteiger charge is 2.12. The van der Waals surface area contributed by atoms with E-state index in [0.29, 0.717) is 5.69 Å². The van der Waals surface area contributed by atoms with Gasteiger partial charge in [0.2, 0.25) is 0 Å². The van der Waals surface area contributed by atoms with E-state index in [1.54, 1.807) is 6.20 Å². The van der Waals surface area contributed by atoms with Crippen molar-refractivity contribution >= 4 is 18.0 Å². The maximum absolute atomic E-state index is 10.5. The Morgan fingerprint density at radius 2 is 2.64 bits per heavy atom. The molecule has 1 aliphatic heterocycles. The van der Waals surface area contributed by atoms with Gasteiger partial charge in [-0.2, -0.15) is 11.8 Å². The molecule has 0 fully saturated rings. The topological polar surface area (TPSA) is 34.9 Å². The van der Waals surface area contributed by atoms with Gasteiger partial charge in [-0.25, -0.2) is 4.98 Å². The number of carbonyl (C=O) groups excluding carboxylic acids is 1. The van der Waals surface area contributed by atoms with Crippen molar-refractivity contribution in [1.82, 2.24) is 9.55 Å². The first-order valence-electron chi connectivity index (χ1n) is 3.49. The molecule has 58 valence electrons. The van der Waals surface area contributed by atoms with Gasteiger partial charge in [0.25, 0.3) is 0 Å². The van der Waals surface area contributed by atoms with Crippen LogP contribution in [0.3, 0.4) is 0 Å². The van der Waals surface area contributed by atoms with Gasteiger partial charge in [0.1, 0.15) is 11.5 Å². The standard InChI is InChI=1S/C7H8N2OS/c10-4-6-3-8-7-5-11-2-1-9(6)7/h3-4H,1-2,5H2. The van der Waals surface area contributed by atoms with E-state index in [1.165, 1.54) is 0 Å². The Morgan fingerprint density at radius 3 is 3.45 bits per heavy atom. The fourth-order valence-corrected chi connectivity index (χ4v) is 2.08. The minimum absolute atomic E-state index is 0.709. The van der Waals surface area contributed by atoms with Crippen LogP contribution in [0.1, 0.15) is 16.3 Å². The second-order valence-corrected chi connectivity index (χ2v) is 3.53. The van der Waals surface area contributed by atoms with Crippen molar-refractivity contribution in [3.63, 3.8) is 0 Å². The van der Waals surface area contributed by atoms with Crippen LogP contribution >= 0.6 is 11.8 Å². The molecule has 0 aliphatic carbocycles. The van der Waals surface area contributed by atoms with E-state index < -0.39 is 0 Å². The fraction of sp³-hybridized carbons (Fsp3) is 0.429. The molecule has 2 heterocycles. The maximum atomic E-state index is 10.5. The molecule has 3 nitrogen and oxygen atoms in total. The third-order valence-electron chi connectivity index (χ3n) is 1.78. The maximum Gasteiger partial charge on any atom is 0.168 e. The number of hydrogen-bond acceptors (Lipinski definition) is 3. The number of imidazole rings is 1. The van der Waals surface area contributed by atoms with Crippen LogP contribution in [0, 0.1) is 0 Å². The average molecular weight is 168 g/mol. The van der Waals surface area contributed by atoms with E-state index in [9.17, 15) is 4.79 Å². The molecule has 0 amide bonds. The van der Waals surface area contributed by atoms with E-state index in [0.717, 1.165) is 30.2 Å². The predicted octanol–water partition coefficient (Wildman–Crippen LogP) is 0.942. The van der Waals surface area contributed by atoms with Crippen LogP contribution in [0.2, 0.25) is 0 Å². The molecule has 11 heavy (non-hydrogen) atoms. The number of nitrogens with zero attached hydrogens (tertiary/aromatic N) is 2. The number of aromatic nitrogens is 2. The normalized spacial score (nSPS) is 16.0. The minimum atomic E-state index is 0.709. The van der Waals surface area contributed by atoms with Gasteiger partial charge >= 0.3 is 0 Å². The summed E-state index contributed by atoms with van der Waals surface area (Å²) in [6, 6.07) is 0. The quantitative estimate of drug-likeness (QED) is 0.585. The Balaban J connectivity index is 2.45. The smallest absolute Gasteiger partial charge is 0.168 e. The van der Waals surface area contributed by atoms with Gasteiger partial charge in [0.05, 0.1) is 11.9 Å². The SMILES string of the molecule is O=Cc1cnc2n1CCSC2. The largest absolute Gasteiger partial charge is 0.324 e. The van der Waals surface area contributed by atoms with Crippen LogP contribution in [0.15, 0.2) is 6.20 Å². The van der Waals surface area contributed by atoms with Crippen LogP contribution in [0.4, 0.5) is 0 Å². The zero-order valence-electron chi connectivity index (χ0n) is 5.99. The van der Waals surface area contributed by atoms with Gasteiger partial charge in [-0.1, -0.05) is 0 Å². The van der Waals surface area contributed by atoms with Gasteiger partial charge in [0.15, 0.2) is 6.29 Å². The predicted molar refractivity (Wildman–Crippen MR) is 43.8 cm³/mol. The summed E-state index contributed by atoms with van der Waals surface area (Å²) in [6.07, 6.45) is 2.51. The summed E-state index contributed by atoms with van der Waals surface area (Å²) in [6.45, 7) is 0.925. The molecule has 0 saturated carbocycles. The molecular formula is C7H8N2OS. The second kappa shape index (κ2) is 2.70. The molecular weight excluding hydrogens is 160 g/mol. The summed E-state index contributed by atoms with van der Waals surface area (Å²) in [5.74, 6) is 3.06. The van der Waals surface area contributed by atoms with Gasteiger partial charge < -0.3 is 4.57 Å². The highest BCUT2D eigenvalue weighted by molar-refractivity contribution is 7.98. The summed E-state index contributed by atoms with van der Waals surface area (Å²) in [4.78, 5) is 14.6. The van der Waals surface area contributed by atoms with Crippen molar-refractivity contribution < 1.29 is 4.79 Å². The van der Waals surface area contributed by atoms with Crippen molar-refractivity contribution in [1.29, 1.82) is 0 Å². The first-order valence-corrected chi connectivity index (χ1v) is 4.64. The minimum Gasteiger partial charge on any atom is -0.324 e. The van der Waals surface area contributed by atoms with Crippen molar-refractivity contribution in [3.05, 3.63) is 17.7 Å². The Hall–Kier alpha value is -0.770. The lowest BCUT2D eigenvalue weighted by molar-refractivity contribution is 0.111. The van der Waals surface area contributed by atoms with Gasteiger partial charge in [-0.3, -0.25) is 4.79 Å². The van der Waals surface area contributed by atoms with Crippen LogP contribution in [-0.4, -0.2) is 21.6 Å². The van der Waals surface area contributed by atoms with Crippen molar-refractivity contribution in [2.24, 2.45) is 0 Å². The molecule has 1 aliphatic rings. The number of carbonyl (C=O) groups is 1. The van der Waals surface area contributed by atoms with E-state index in [2.05, 4.69) is 4.98 Å². The molecule has 0 atom stereocenters. The van der Waals surface area contributed by atoms with E-state index in [4.69, 9.17) is 0 Å². The first-order chi connectivity index (χ1) is 5.42. The molecule has 0 aromatic carbocycles. The van der Waals surface area contributed by atoms with Crippen molar-refractivity contribution in [3.8, 4) is 0 Å². The molecule has 0 saturated heterocycles. The summed E-state index contributed by atoms with van der Waals surface area (Å²) < 4.78 is 1.99. The first kappa shape index (κ1) is 6.91. The summed E-state index contributed by atoms with van der Waals surface area (Å²) >= 11 is 1.86. The molecule has 0 bridgehead atoms. The Kier molecular flexibility index (Phi) is 1.69. The number of fused-ring (bicyclic) bond motifs is 1. The van der Waals surface area contributed by atoms with Crippen LogP contribution in [0.25, 0.3) is 0 Å².